The van der Waals surface area contributed by atoms with E-state index in [0.29, 0.717) is 12.2 Å². The summed E-state index contributed by atoms with van der Waals surface area (Å²) in [6.07, 6.45) is 0.379. The van der Waals surface area contributed by atoms with Gasteiger partial charge in [-0.15, -0.1) is 0 Å². The van der Waals surface area contributed by atoms with Crippen molar-refractivity contribution < 1.29 is 9.90 Å². The van der Waals surface area contributed by atoms with E-state index in [1.54, 1.807) is 12.1 Å². The van der Waals surface area contributed by atoms with Crippen LogP contribution >= 0.6 is 0 Å². The molecule has 3 aromatic carbocycles. The van der Waals surface area contributed by atoms with Gasteiger partial charge in [-0.1, -0.05) is 60.7 Å². The number of amides is 1. The molecule has 0 saturated heterocycles. The fourth-order valence-electron chi connectivity index (χ4n) is 3.27. The number of hydrogen-bond acceptors (Lipinski definition) is 5. The molecule has 0 fully saturated rings. The first-order valence-electron chi connectivity index (χ1n) is 9.72. The molecule has 4 rings (SSSR count). The van der Waals surface area contributed by atoms with Gasteiger partial charge in [0.05, 0.1) is 5.69 Å². The molecule has 0 aliphatic carbocycles. The average molecular weight is 411 g/mol. The van der Waals surface area contributed by atoms with E-state index in [1.807, 2.05) is 72.8 Å². The third-order valence-electron chi connectivity index (χ3n) is 4.76. The molecule has 7 heteroatoms. The smallest absolute Gasteiger partial charge is 0.417 e. The lowest BCUT2D eigenvalue weighted by Crippen LogP contribution is -2.25. The zero-order chi connectivity index (χ0) is 21.6. The first-order chi connectivity index (χ1) is 15.2. The lowest BCUT2D eigenvalue weighted by molar-refractivity contribution is 0.204. The first kappa shape index (κ1) is 20.1. The number of hydrogen-bond donors (Lipinski definition) is 3. The van der Waals surface area contributed by atoms with Gasteiger partial charge in [0.15, 0.2) is 0 Å². The molecule has 0 aliphatic heterocycles. The molecule has 0 saturated carbocycles. The van der Waals surface area contributed by atoms with Gasteiger partial charge >= 0.3 is 6.09 Å². The Morgan fingerprint density at radius 1 is 0.935 bits per heavy atom. The molecule has 31 heavy (non-hydrogen) atoms. The molecular formula is C24H21N5O2. The second kappa shape index (κ2) is 9.06. The summed E-state index contributed by atoms with van der Waals surface area (Å²) < 4.78 is 0. The Bertz CT molecular complexity index is 1200. The molecule has 0 aliphatic rings. The van der Waals surface area contributed by atoms with Gasteiger partial charge in [-0.05, 0) is 34.9 Å². The van der Waals surface area contributed by atoms with E-state index in [0.717, 1.165) is 27.3 Å². The number of nitrogens with zero attached hydrogens (tertiary/aromatic N) is 3. The number of carboxylic acid groups (broad SMARTS) is 1. The van der Waals surface area contributed by atoms with Crippen LogP contribution in [0.2, 0.25) is 0 Å². The number of nitrogens with one attached hydrogen (secondary N) is 1. The van der Waals surface area contributed by atoms with Crippen LogP contribution in [-0.4, -0.2) is 21.2 Å². The van der Waals surface area contributed by atoms with Gasteiger partial charge in [-0.25, -0.2) is 14.7 Å². The van der Waals surface area contributed by atoms with Crippen LogP contribution < -0.4 is 16.0 Å². The minimum absolute atomic E-state index is 0.237. The highest BCUT2D eigenvalue weighted by molar-refractivity contribution is 5.94. The average Bonchev–Trinajstić information content (AvgIpc) is 2.80. The monoisotopic (exact) mass is 411 g/mol. The molecule has 0 spiro atoms. The van der Waals surface area contributed by atoms with Crippen LogP contribution in [-0.2, 0) is 6.54 Å². The number of carbonyl (C=O) groups is 1. The number of nitrogens with two attached hydrogens (primary N) is 1. The number of anilines is 4. The quantitative estimate of drug-likeness (QED) is 0.405. The second-order valence-electron chi connectivity index (χ2n) is 6.76. The fourth-order valence-corrected chi connectivity index (χ4v) is 3.27. The highest BCUT2D eigenvalue weighted by Crippen LogP contribution is 2.29. The first-order valence-corrected chi connectivity index (χ1v) is 9.72. The maximum atomic E-state index is 12.1. The minimum atomic E-state index is -1.14. The van der Waals surface area contributed by atoms with E-state index in [-0.39, 0.29) is 11.8 Å². The number of rotatable bonds is 6. The van der Waals surface area contributed by atoms with Crippen molar-refractivity contribution in [3.63, 3.8) is 0 Å². The third kappa shape index (κ3) is 4.52. The Morgan fingerprint density at radius 2 is 1.68 bits per heavy atom. The summed E-state index contributed by atoms with van der Waals surface area (Å²) in [6.45, 7) is 0.358. The number of aromatic nitrogens is 2. The summed E-state index contributed by atoms with van der Waals surface area (Å²) in [7, 11) is 0. The van der Waals surface area contributed by atoms with E-state index in [1.165, 1.54) is 6.20 Å². The molecule has 1 aromatic heterocycles. The van der Waals surface area contributed by atoms with Crippen molar-refractivity contribution in [2.24, 2.45) is 5.73 Å². The predicted octanol–water partition coefficient (Wildman–Crippen LogP) is 5.16. The molecule has 0 unspecified atom stereocenters. The summed E-state index contributed by atoms with van der Waals surface area (Å²) in [5, 5.41) is 13.1. The van der Waals surface area contributed by atoms with Gasteiger partial charge in [0.1, 0.15) is 5.82 Å². The molecule has 154 valence electrons. The Kier molecular flexibility index (Phi) is 5.86. The van der Waals surface area contributed by atoms with Crippen molar-refractivity contribution >= 4 is 29.2 Å². The van der Waals surface area contributed by atoms with Gasteiger partial charge in [0, 0.05) is 24.5 Å². The van der Waals surface area contributed by atoms with E-state index in [9.17, 15) is 9.90 Å². The molecule has 1 amide bonds. The van der Waals surface area contributed by atoms with E-state index < -0.39 is 6.09 Å². The van der Waals surface area contributed by atoms with Gasteiger partial charge < -0.3 is 16.2 Å². The third-order valence-corrected chi connectivity index (χ3v) is 4.76. The molecule has 0 radical (unpaired) electrons. The van der Waals surface area contributed by atoms with Crippen LogP contribution in [0.5, 0.6) is 0 Å². The van der Waals surface area contributed by atoms with Crippen LogP contribution in [0, 0.1) is 0 Å². The maximum Gasteiger partial charge on any atom is 0.417 e. The van der Waals surface area contributed by atoms with Gasteiger partial charge in [-0.2, -0.15) is 4.98 Å². The summed E-state index contributed by atoms with van der Waals surface area (Å²) in [5.41, 5.74) is 9.87. The van der Waals surface area contributed by atoms with Crippen molar-refractivity contribution in [2.75, 3.05) is 10.2 Å². The Morgan fingerprint density at radius 3 is 2.45 bits per heavy atom. The van der Waals surface area contributed by atoms with Crippen LogP contribution in [0.3, 0.4) is 0 Å². The van der Waals surface area contributed by atoms with Crippen molar-refractivity contribution in [2.45, 2.75) is 6.54 Å². The molecule has 4 N–H and O–H groups in total. The number of para-hydroxylation sites is 1. The standard InChI is InChI=1S/C24H21N5O2/c25-16-19-9-4-5-12-21(19)27-23-26-14-13-22(28-23)29(24(30)31)20-11-6-10-18(15-20)17-7-2-1-3-8-17/h1-15H,16,25H2,(H,30,31)(H,26,27,28). The lowest BCUT2D eigenvalue weighted by atomic mass is 10.1. The maximum absolute atomic E-state index is 12.1. The molecular weight excluding hydrogens is 390 g/mol. The fraction of sp³-hybridized carbons (Fsp3) is 0.0417. The van der Waals surface area contributed by atoms with Crippen LogP contribution in [0.4, 0.5) is 27.9 Å². The minimum Gasteiger partial charge on any atom is -0.464 e. The Balaban J connectivity index is 1.68. The zero-order valence-corrected chi connectivity index (χ0v) is 16.6. The largest absolute Gasteiger partial charge is 0.464 e. The summed E-state index contributed by atoms with van der Waals surface area (Å²) >= 11 is 0. The molecule has 1 heterocycles. The van der Waals surface area contributed by atoms with Crippen molar-refractivity contribution in [3.05, 3.63) is 96.7 Å². The van der Waals surface area contributed by atoms with Crippen LogP contribution in [0.1, 0.15) is 5.56 Å². The van der Waals surface area contributed by atoms with E-state index in [2.05, 4.69) is 15.3 Å². The van der Waals surface area contributed by atoms with E-state index >= 15 is 0 Å². The van der Waals surface area contributed by atoms with Crippen molar-refractivity contribution in [1.82, 2.24) is 9.97 Å². The normalized spacial score (nSPS) is 10.5. The zero-order valence-electron chi connectivity index (χ0n) is 16.6. The Hall–Kier alpha value is -4.23. The van der Waals surface area contributed by atoms with Gasteiger partial charge in [-0.3, -0.25) is 0 Å². The highest BCUT2D eigenvalue weighted by Gasteiger charge is 2.20. The SMILES string of the molecule is NCc1ccccc1Nc1nccc(N(C(=O)O)c2cccc(-c3ccccc3)c2)n1. The summed E-state index contributed by atoms with van der Waals surface area (Å²) in [5.74, 6) is 0.518. The topological polar surface area (TPSA) is 104 Å². The van der Waals surface area contributed by atoms with Crippen molar-refractivity contribution in [3.8, 4) is 11.1 Å². The summed E-state index contributed by atoms with van der Waals surface area (Å²) in [6, 6.07) is 26.2. The second-order valence-corrected chi connectivity index (χ2v) is 6.76. The molecule has 0 atom stereocenters. The van der Waals surface area contributed by atoms with Gasteiger partial charge in [0.2, 0.25) is 5.95 Å². The van der Waals surface area contributed by atoms with Gasteiger partial charge in [0.25, 0.3) is 0 Å². The van der Waals surface area contributed by atoms with Crippen molar-refractivity contribution in [1.29, 1.82) is 0 Å². The highest BCUT2D eigenvalue weighted by atomic mass is 16.4. The van der Waals surface area contributed by atoms with Crippen LogP contribution in [0.25, 0.3) is 11.1 Å². The molecule has 4 aromatic rings. The lowest BCUT2D eigenvalue weighted by Gasteiger charge is -2.20. The number of benzene rings is 3. The van der Waals surface area contributed by atoms with Crippen LogP contribution in [0.15, 0.2) is 91.1 Å². The Labute approximate surface area is 179 Å². The van der Waals surface area contributed by atoms with E-state index in [4.69, 9.17) is 5.73 Å². The summed E-state index contributed by atoms with van der Waals surface area (Å²) in [4.78, 5) is 21.9. The predicted molar refractivity (Wildman–Crippen MR) is 122 cm³/mol. The molecule has 0 bridgehead atoms. The molecule has 7 nitrogen and oxygen atoms in total.